The van der Waals surface area contributed by atoms with Crippen LogP contribution in [0.25, 0.3) is 0 Å². The van der Waals surface area contributed by atoms with Crippen molar-refractivity contribution in [3.8, 4) is 0 Å². The van der Waals surface area contributed by atoms with Gasteiger partial charge in [-0.1, -0.05) is 28.8 Å². The van der Waals surface area contributed by atoms with Crippen LogP contribution in [0.4, 0.5) is 0 Å². The standard InChI is InChI=1S/C14H24BrNO2/c15-9-11-5-1-2-6-12(11)10-16-14(17)13-7-3-4-8-18-13/h11-13H,1-10H2,(H,16,17). The topological polar surface area (TPSA) is 38.3 Å². The van der Waals surface area contributed by atoms with Crippen molar-refractivity contribution in [2.45, 2.75) is 51.0 Å². The van der Waals surface area contributed by atoms with Crippen LogP contribution in [0.3, 0.4) is 0 Å². The Hall–Kier alpha value is -0.0900. The van der Waals surface area contributed by atoms with Crippen molar-refractivity contribution >= 4 is 21.8 Å². The Labute approximate surface area is 118 Å². The van der Waals surface area contributed by atoms with E-state index in [1.165, 1.54) is 25.7 Å². The van der Waals surface area contributed by atoms with Gasteiger partial charge in [0.1, 0.15) is 6.10 Å². The minimum absolute atomic E-state index is 0.105. The van der Waals surface area contributed by atoms with Crippen molar-refractivity contribution in [2.24, 2.45) is 11.8 Å². The highest BCUT2D eigenvalue weighted by Gasteiger charge is 2.26. The molecule has 0 bridgehead atoms. The van der Waals surface area contributed by atoms with E-state index >= 15 is 0 Å². The number of carbonyl (C=O) groups is 1. The largest absolute Gasteiger partial charge is 0.368 e. The van der Waals surface area contributed by atoms with Gasteiger partial charge in [-0.15, -0.1) is 0 Å². The minimum atomic E-state index is -0.190. The van der Waals surface area contributed by atoms with E-state index in [-0.39, 0.29) is 12.0 Å². The maximum Gasteiger partial charge on any atom is 0.249 e. The Morgan fingerprint density at radius 2 is 1.83 bits per heavy atom. The lowest BCUT2D eigenvalue weighted by Crippen LogP contribution is -2.42. The molecule has 1 heterocycles. The molecule has 4 heteroatoms. The predicted molar refractivity (Wildman–Crippen MR) is 75.8 cm³/mol. The van der Waals surface area contributed by atoms with E-state index in [1.807, 2.05) is 0 Å². The zero-order chi connectivity index (χ0) is 12.8. The second-order valence-electron chi connectivity index (χ2n) is 5.56. The summed E-state index contributed by atoms with van der Waals surface area (Å²) in [6.07, 6.45) is 8.11. The van der Waals surface area contributed by atoms with Crippen molar-refractivity contribution in [2.75, 3.05) is 18.5 Å². The summed E-state index contributed by atoms with van der Waals surface area (Å²) in [5, 5.41) is 4.16. The quantitative estimate of drug-likeness (QED) is 0.810. The Morgan fingerprint density at radius 1 is 1.11 bits per heavy atom. The van der Waals surface area contributed by atoms with Crippen LogP contribution in [0.1, 0.15) is 44.9 Å². The minimum Gasteiger partial charge on any atom is -0.368 e. The van der Waals surface area contributed by atoms with Crippen LogP contribution in [0, 0.1) is 11.8 Å². The van der Waals surface area contributed by atoms with Crippen LogP contribution >= 0.6 is 15.9 Å². The second-order valence-corrected chi connectivity index (χ2v) is 6.21. The molecule has 0 spiro atoms. The van der Waals surface area contributed by atoms with E-state index < -0.39 is 0 Å². The first-order chi connectivity index (χ1) is 8.81. The molecule has 0 aromatic rings. The molecule has 0 radical (unpaired) electrons. The molecule has 3 nitrogen and oxygen atoms in total. The third-order valence-corrected chi connectivity index (χ3v) is 5.11. The fourth-order valence-corrected chi connectivity index (χ4v) is 3.90. The number of amides is 1. The molecule has 1 amide bonds. The van der Waals surface area contributed by atoms with E-state index in [2.05, 4.69) is 21.2 Å². The van der Waals surface area contributed by atoms with Gasteiger partial charge in [0, 0.05) is 18.5 Å². The summed E-state index contributed by atoms with van der Waals surface area (Å²) >= 11 is 3.60. The molecule has 2 fully saturated rings. The van der Waals surface area contributed by atoms with Gasteiger partial charge in [0.2, 0.25) is 5.91 Å². The molecule has 3 unspecified atom stereocenters. The molecule has 18 heavy (non-hydrogen) atoms. The zero-order valence-corrected chi connectivity index (χ0v) is 12.6. The second kappa shape index (κ2) is 7.49. The molecule has 104 valence electrons. The fourth-order valence-electron chi connectivity index (χ4n) is 3.05. The summed E-state index contributed by atoms with van der Waals surface area (Å²) in [5.74, 6) is 1.48. The van der Waals surface area contributed by atoms with Crippen molar-refractivity contribution in [1.82, 2.24) is 5.32 Å². The van der Waals surface area contributed by atoms with Gasteiger partial charge in [0.05, 0.1) is 0 Å². The first-order valence-electron chi connectivity index (χ1n) is 7.26. The van der Waals surface area contributed by atoms with Gasteiger partial charge >= 0.3 is 0 Å². The average Bonchev–Trinajstić information content (AvgIpc) is 2.46. The maximum atomic E-state index is 12.0. The number of nitrogens with one attached hydrogen (secondary N) is 1. The summed E-state index contributed by atoms with van der Waals surface area (Å²) in [5.41, 5.74) is 0. The highest BCUT2D eigenvalue weighted by Crippen LogP contribution is 2.30. The van der Waals surface area contributed by atoms with Crippen LogP contribution in [0.15, 0.2) is 0 Å². The van der Waals surface area contributed by atoms with E-state index in [1.54, 1.807) is 0 Å². The van der Waals surface area contributed by atoms with Crippen LogP contribution in [-0.2, 0) is 9.53 Å². The molecular weight excluding hydrogens is 294 g/mol. The Morgan fingerprint density at radius 3 is 2.50 bits per heavy atom. The molecule has 1 aliphatic heterocycles. The molecule has 2 rings (SSSR count). The van der Waals surface area contributed by atoms with Gasteiger partial charge in [-0.05, 0) is 43.9 Å². The average molecular weight is 318 g/mol. The van der Waals surface area contributed by atoms with Crippen LogP contribution in [0.2, 0.25) is 0 Å². The third kappa shape index (κ3) is 3.95. The summed E-state index contributed by atoms with van der Waals surface area (Å²) in [7, 11) is 0. The number of alkyl halides is 1. The number of hydrogen-bond donors (Lipinski definition) is 1. The van der Waals surface area contributed by atoms with Gasteiger partial charge in [-0.25, -0.2) is 0 Å². The molecule has 1 N–H and O–H groups in total. The van der Waals surface area contributed by atoms with Gasteiger partial charge in [-0.2, -0.15) is 0 Å². The Bertz CT molecular complexity index is 267. The van der Waals surface area contributed by atoms with E-state index in [9.17, 15) is 4.79 Å². The highest BCUT2D eigenvalue weighted by molar-refractivity contribution is 9.09. The van der Waals surface area contributed by atoms with Gasteiger partial charge in [0.15, 0.2) is 0 Å². The maximum absolute atomic E-state index is 12.0. The van der Waals surface area contributed by atoms with E-state index in [0.29, 0.717) is 5.92 Å². The summed E-state index contributed by atoms with van der Waals surface area (Å²) in [4.78, 5) is 12.0. The first-order valence-corrected chi connectivity index (χ1v) is 8.38. The molecule has 0 aromatic carbocycles. The Balaban J connectivity index is 1.73. The van der Waals surface area contributed by atoms with Crippen LogP contribution < -0.4 is 5.32 Å². The SMILES string of the molecule is O=C(NCC1CCCCC1CBr)C1CCCCO1. The highest BCUT2D eigenvalue weighted by atomic mass is 79.9. The lowest BCUT2D eigenvalue weighted by atomic mass is 9.80. The molecule has 0 aromatic heterocycles. The molecule has 1 aliphatic carbocycles. The number of ether oxygens (including phenoxy) is 1. The normalized spacial score (nSPS) is 33.1. The molecule has 2 aliphatic rings. The van der Waals surface area contributed by atoms with Crippen molar-refractivity contribution in [3.63, 3.8) is 0 Å². The number of hydrogen-bond acceptors (Lipinski definition) is 2. The number of rotatable bonds is 4. The van der Waals surface area contributed by atoms with Crippen molar-refractivity contribution in [3.05, 3.63) is 0 Å². The van der Waals surface area contributed by atoms with Crippen LogP contribution in [-0.4, -0.2) is 30.5 Å². The van der Waals surface area contributed by atoms with Gasteiger partial charge in [0.25, 0.3) is 0 Å². The first kappa shape index (κ1) is 14.3. The fraction of sp³-hybridized carbons (Fsp3) is 0.929. The molecular formula is C14H24BrNO2. The molecule has 3 atom stereocenters. The summed E-state index contributed by atoms with van der Waals surface area (Å²) in [6.45, 7) is 1.57. The van der Waals surface area contributed by atoms with E-state index in [0.717, 1.165) is 43.7 Å². The van der Waals surface area contributed by atoms with Crippen molar-refractivity contribution < 1.29 is 9.53 Å². The molecule has 1 saturated heterocycles. The van der Waals surface area contributed by atoms with Crippen LogP contribution in [0.5, 0.6) is 0 Å². The van der Waals surface area contributed by atoms with Gasteiger partial charge in [-0.3, -0.25) is 4.79 Å². The van der Waals surface area contributed by atoms with Crippen molar-refractivity contribution in [1.29, 1.82) is 0 Å². The zero-order valence-electron chi connectivity index (χ0n) is 11.0. The Kier molecular flexibility index (Phi) is 5.96. The number of halogens is 1. The lowest BCUT2D eigenvalue weighted by Gasteiger charge is -2.31. The summed E-state index contributed by atoms with van der Waals surface area (Å²) in [6, 6.07) is 0. The van der Waals surface area contributed by atoms with Gasteiger partial charge < -0.3 is 10.1 Å². The summed E-state index contributed by atoms with van der Waals surface area (Å²) < 4.78 is 5.51. The van der Waals surface area contributed by atoms with E-state index in [4.69, 9.17) is 4.74 Å². The molecule has 1 saturated carbocycles. The lowest BCUT2D eigenvalue weighted by molar-refractivity contribution is -0.135. The number of carbonyl (C=O) groups excluding carboxylic acids is 1. The monoisotopic (exact) mass is 317 g/mol. The third-order valence-electron chi connectivity index (χ3n) is 4.28. The smallest absolute Gasteiger partial charge is 0.249 e. The predicted octanol–water partition coefficient (Wildman–Crippen LogP) is 2.87.